The Morgan fingerprint density at radius 3 is 2.85 bits per heavy atom. The van der Waals surface area contributed by atoms with Crippen LogP contribution < -0.4 is 16.4 Å². The number of rotatable bonds is 7. The van der Waals surface area contributed by atoms with Crippen LogP contribution in [0.25, 0.3) is 0 Å². The first-order valence-electron chi connectivity index (χ1n) is 8.44. The van der Waals surface area contributed by atoms with Crippen molar-refractivity contribution in [2.45, 2.75) is 26.2 Å². The maximum absolute atomic E-state index is 13.7. The topological polar surface area (TPSA) is 99.6 Å². The van der Waals surface area contributed by atoms with E-state index in [0.29, 0.717) is 36.0 Å². The van der Waals surface area contributed by atoms with Gasteiger partial charge < -0.3 is 16.4 Å². The summed E-state index contributed by atoms with van der Waals surface area (Å²) in [6, 6.07) is 6.04. The molecule has 1 heterocycles. The second-order valence-electron chi connectivity index (χ2n) is 5.51. The normalized spacial score (nSPS) is 9.77. The Bertz CT molecular complexity index is 847. The van der Waals surface area contributed by atoms with Crippen LogP contribution in [0.5, 0.6) is 0 Å². The maximum Gasteiger partial charge on any atom is 0.229 e. The molecular weight excluding hydrogens is 331 g/mol. The van der Waals surface area contributed by atoms with E-state index in [9.17, 15) is 4.39 Å². The Morgan fingerprint density at radius 2 is 2.15 bits per heavy atom. The molecule has 0 radical (unpaired) electrons. The van der Waals surface area contributed by atoms with Gasteiger partial charge in [-0.3, -0.25) is 0 Å². The molecule has 0 aliphatic carbocycles. The SMILES string of the molecule is CCCNc1nc(Nc2ccc(C#N)c(F)c2)ncc1C#CCCCN. The summed E-state index contributed by atoms with van der Waals surface area (Å²) in [7, 11) is 0. The van der Waals surface area contributed by atoms with Crippen LogP contribution in [-0.2, 0) is 0 Å². The van der Waals surface area contributed by atoms with E-state index in [1.165, 1.54) is 12.1 Å². The first-order chi connectivity index (χ1) is 12.7. The molecule has 6 nitrogen and oxygen atoms in total. The summed E-state index contributed by atoms with van der Waals surface area (Å²) in [5.41, 5.74) is 6.62. The minimum Gasteiger partial charge on any atom is -0.369 e. The van der Waals surface area contributed by atoms with E-state index >= 15 is 0 Å². The molecule has 7 heteroatoms. The summed E-state index contributed by atoms with van der Waals surface area (Å²) >= 11 is 0. The molecule has 0 bridgehead atoms. The molecule has 0 aliphatic rings. The lowest BCUT2D eigenvalue weighted by atomic mass is 10.2. The fourth-order valence-corrected chi connectivity index (χ4v) is 2.07. The molecule has 2 aromatic rings. The van der Waals surface area contributed by atoms with Gasteiger partial charge in [-0.25, -0.2) is 9.37 Å². The third kappa shape index (κ3) is 5.44. The predicted molar refractivity (Wildman–Crippen MR) is 100 cm³/mol. The van der Waals surface area contributed by atoms with Crippen LogP contribution in [0.15, 0.2) is 24.4 Å². The van der Waals surface area contributed by atoms with E-state index in [-0.39, 0.29) is 5.56 Å². The Morgan fingerprint density at radius 1 is 1.31 bits per heavy atom. The van der Waals surface area contributed by atoms with Crippen LogP contribution in [0.3, 0.4) is 0 Å². The van der Waals surface area contributed by atoms with Gasteiger partial charge in [-0.2, -0.15) is 10.2 Å². The highest BCUT2D eigenvalue weighted by molar-refractivity contribution is 5.60. The molecule has 26 heavy (non-hydrogen) atoms. The van der Waals surface area contributed by atoms with Crippen molar-refractivity contribution in [1.29, 1.82) is 5.26 Å². The number of anilines is 3. The summed E-state index contributed by atoms with van der Waals surface area (Å²) in [6.07, 6.45) is 4.13. The molecule has 0 aliphatic heterocycles. The highest BCUT2D eigenvalue weighted by atomic mass is 19.1. The number of aromatic nitrogens is 2. The molecule has 0 saturated heterocycles. The van der Waals surface area contributed by atoms with Gasteiger partial charge in [0, 0.05) is 18.7 Å². The average Bonchev–Trinajstić information content (AvgIpc) is 2.65. The van der Waals surface area contributed by atoms with Crippen molar-refractivity contribution in [1.82, 2.24) is 9.97 Å². The molecule has 1 aromatic carbocycles. The minimum atomic E-state index is -0.593. The van der Waals surface area contributed by atoms with Crippen LogP contribution in [0.4, 0.5) is 21.8 Å². The Labute approximate surface area is 152 Å². The van der Waals surface area contributed by atoms with Crippen molar-refractivity contribution >= 4 is 17.5 Å². The van der Waals surface area contributed by atoms with Gasteiger partial charge in [0.25, 0.3) is 0 Å². The van der Waals surface area contributed by atoms with Crippen molar-refractivity contribution in [2.75, 3.05) is 23.7 Å². The van der Waals surface area contributed by atoms with E-state index in [4.69, 9.17) is 11.0 Å². The quantitative estimate of drug-likeness (QED) is 0.523. The fraction of sp³-hybridized carbons (Fsp3) is 0.316. The van der Waals surface area contributed by atoms with Crippen molar-refractivity contribution in [3.05, 3.63) is 41.3 Å². The van der Waals surface area contributed by atoms with Gasteiger partial charge in [0.05, 0.1) is 17.3 Å². The molecule has 134 valence electrons. The first kappa shape index (κ1) is 19.2. The number of benzene rings is 1. The van der Waals surface area contributed by atoms with Gasteiger partial charge in [0.15, 0.2) is 0 Å². The zero-order valence-electron chi connectivity index (χ0n) is 14.6. The molecule has 0 unspecified atom stereocenters. The summed E-state index contributed by atoms with van der Waals surface area (Å²) < 4.78 is 13.7. The van der Waals surface area contributed by atoms with Gasteiger partial charge in [0.2, 0.25) is 5.95 Å². The molecule has 0 fully saturated rings. The summed E-state index contributed by atoms with van der Waals surface area (Å²) in [4.78, 5) is 8.67. The van der Waals surface area contributed by atoms with Gasteiger partial charge in [-0.15, -0.1) is 0 Å². The third-order valence-corrected chi connectivity index (χ3v) is 3.41. The highest BCUT2D eigenvalue weighted by Crippen LogP contribution is 2.19. The summed E-state index contributed by atoms with van der Waals surface area (Å²) in [5, 5.41) is 15.0. The van der Waals surface area contributed by atoms with Gasteiger partial charge in [0.1, 0.15) is 17.7 Å². The standard InChI is InChI=1S/C19H21FN6/c1-2-10-23-18-15(6-4-3-5-9-21)13-24-19(26-18)25-16-8-7-14(12-22)17(20)11-16/h7-8,11,13H,2-3,5,9-10,21H2,1H3,(H2,23,24,25,26). The predicted octanol–water partition coefficient (Wildman–Crippen LogP) is 3.14. The lowest BCUT2D eigenvalue weighted by Gasteiger charge is -2.10. The van der Waals surface area contributed by atoms with Gasteiger partial charge in [-0.1, -0.05) is 18.8 Å². The zero-order chi connectivity index (χ0) is 18.8. The van der Waals surface area contributed by atoms with Gasteiger partial charge in [-0.05, 0) is 37.6 Å². The Hall–Kier alpha value is -3.16. The Balaban J connectivity index is 2.22. The molecular formula is C19H21FN6. The number of nitrogens with one attached hydrogen (secondary N) is 2. The molecule has 0 amide bonds. The van der Waals surface area contributed by atoms with Crippen LogP contribution in [0.1, 0.15) is 37.3 Å². The summed E-state index contributed by atoms with van der Waals surface area (Å²) in [5.74, 6) is 6.46. The van der Waals surface area contributed by atoms with Crippen molar-refractivity contribution in [2.24, 2.45) is 5.73 Å². The summed E-state index contributed by atoms with van der Waals surface area (Å²) in [6.45, 7) is 3.41. The third-order valence-electron chi connectivity index (χ3n) is 3.41. The van der Waals surface area contributed by atoms with Crippen LogP contribution in [-0.4, -0.2) is 23.1 Å². The minimum absolute atomic E-state index is 0.00938. The lowest BCUT2D eigenvalue weighted by Crippen LogP contribution is -2.07. The zero-order valence-corrected chi connectivity index (χ0v) is 14.6. The first-order valence-corrected chi connectivity index (χ1v) is 8.44. The van der Waals surface area contributed by atoms with Gasteiger partial charge >= 0.3 is 0 Å². The van der Waals surface area contributed by atoms with Crippen LogP contribution in [0.2, 0.25) is 0 Å². The number of hydrogen-bond donors (Lipinski definition) is 3. The molecule has 4 N–H and O–H groups in total. The van der Waals surface area contributed by atoms with E-state index < -0.39 is 5.82 Å². The van der Waals surface area contributed by atoms with E-state index in [1.807, 2.05) is 0 Å². The van der Waals surface area contributed by atoms with Crippen molar-refractivity contribution < 1.29 is 4.39 Å². The molecule has 0 atom stereocenters. The number of nitriles is 1. The monoisotopic (exact) mass is 352 g/mol. The maximum atomic E-state index is 13.7. The fourth-order valence-electron chi connectivity index (χ4n) is 2.07. The van der Waals surface area contributed by atoms with Crippen molar-refractivity contribution in [3.8, 4) is 17.9 Å². The molecule has 0 spiro atoms. The van der Waals surface area contributed by atoms with Crippen molar-refractivity contribution in [3.63, 3.8) is 0 Å². The number of halogens is 1. The Kier molecular flexibility index (Phi) is 7.35. The second kappa shape index (κ2) is 9.97. The smallest absolute Gasteiger partial charge is 0.229 e. The molecule has 0 saturated carbocycles. The molecule has 1 aromatic heterocycles. The molecule has 2 rings (SSSR count). The second-order valence-corrected chi connectivity index (χ2v) is 5.51. The highest BCUT2D eigenvalue weighted by Gasteiger charge is 2.07. The largest absolute Gasteiger partial charge is 0.369 e. The lowest BCUT2D eigenvalue weighted by molar-refractivity contribution is 0.624. The average molecular weight is 352 g/mol. The van der Waals surface area contributed by atoms with E-state index in [1.54, 1.807) is 18.3 Å². The number of nitrogens with zero attached hydrogens (tertiary/aromatic N) is 3. The number of hydrogen-bond acceptors (Lipinski definition) is 6. The van der Waals surface area contributed by atoms with E-state index in [2.05, 4.69) is 39.4 Å². The van der Waals surface area contributed by atoms with Crippen LogP contribution in [0, 0.1) is 29.0 Å². The number of nitrogens with two attached hydrogens (primary N) is 1. The van der Waals surface area contributed by atoms with Crippen LogP contribution >= 0.6 is 0 Å². The van der Waals surface area contributed by atoms with E-state index in [0.717, 1.165) is 19.4 Å². The number of unbranched alkanes of at least 4 members (excludes halogenated alkanes) is 1.